The highest BCUT2D eigenvalue weighted by Crippen LogP contribution is 1.85. The van der Waals surface area contributed by atoms with Crippen molar-refractivity contribution in [2.24, 2.45) is 0 Å². The van der Waals surface area contributed by atoms with Crippen LogP contribution in [-0.2, 0) is 19.2 Å². The third-order valence-electron chi connectivity index (χ3n) is 3.24. The number of H-pyrrole nitrogens is 2. The van der Waals surface area contributed by atoms with Crippen LogP contribution in [0.15, 0.2) is 24.5 Å². The zero-order chi connectivity index (χ0) is 15.7. The van der Waals surface area contributed by atoms with E-state index in [0.29, 0.717) is 0 Å². The van der Waals surface area contributed by atoms with E-state index >= 15 is 0 Å². The van der Waals surface area contributed by atoms with Crippen molar-refractivity contribution in [3.63, 3.8) is 0 Å². The minimum absolute atomic E-state index is 0.447. The van der Waals surface area contributed by atoms with Crippen molar-refractivity contribution >= 4 is 47.4 Å². The second kappa shape index (κ2) is 5.25. The SMILES string of the molecule is O=C1C=c2cc[nH]c2=CC1=O.O=C1C=c2cc[nH]c2=CC1=O. The first-order valence-corrected chi connectivity index (χ1v) is 6.45. The van der Waals surface area contributed by atoms with Gasteiger partial charge in [-0.1, -0.05) is 0 Å². The van der Waals surface area contributed by atoms with Crippen LogP contribution in [0.5, 0.6) is 0 Å². The highest BCUT2D eigenvalue weighted by molar-refractivity contribution is 6.58. The monoisotopic (exact) mass is 294 g/mol. The molecular weight excluding hydrogens is 284 g/mol. The number of carbonyl (C=O) groups is 4. The summed E-state index contributed by atoms with van der Waals surface area (Å²) in [5.41, 5.74) is 0. The molecule has 2 N–H and O–H groups in total. The van der Waals surface area contributed by atoms with Crippen LogP contribution < -0.4 is 21.1 Å². The van der Waals surface area contributed by atoms with E-state index in [1.807, 2.05) is 0 Å². The van der Waals surface area contributed by atoms with Crippen LogP contribution in [0.1, 0.15) is 0 Å². The van der Waals surface area contributed by atoms with Crippen molar-refractivity contribution in [3.8, 4) is 0 Å². The zero-order valence-corrected chi connectivity index (χ0v) is 11.3. The maximum Gasteiger partial charge on any atom is 0.227 e. The van der Waals surface area contributed by atoms with Gasteiger partial charge in [0.25, 0.3) is 0 Å². The molecule has 22 heavy (non-hydrogen) atoms. The molecule has 0 atom stereocenters. The molecule has 2 heterocycles. The normalized spacial score (nSPS) is 15.3. The Balaban J connectivity index is 0.000000131. The molecule has 0 saturated carbocycles. The quantitative estimate of drug-likeness (QED) is 0.523. The predicted molar refractivity (Wildman–Crippen MR) is 78.0 cm³/mol. The minimum Gasteiger partial charge on any atom is -0.361 e. The maximum absolute atomic E-state index is 10.8. The molecule has 2 aromatic heterocycles. The number of rotatable bonds is 0. The van der Waals surface area contributed by atoms with E-state index in [-0.39, 0.29) is 0 Å². The van der Waals surface area contributed by atoms with E-state index in [2.05, 4.69) is 9.97 Å². The Bertz CT molecular complexity index is 883. The van der Waals surface area contributed by atoms with Crippen LogP contribution >= 0.6 is 0 Å². The second-order valence-electron chi connectivity index (χ2n) is 4.73. The summed E-state index contributed by atoms with van der Waals surface area (Å²) in [5.74, 6) is -1.81. The van der Waals surface area contributed by atoms with Gasteiger partial charge >= 0.3 is 0 Å². The Morgan fingerprint density at radius 2 is 0.909 bits per heavy atom. The van der Waals surface area contributed by atoms with Gasteiger partial charge in [-0.15, -0.1) is 0 Å². The van der Waals surface area contributed by atoms with Crippen molar-refractivity contribution in [1.29, 1.82) is 0 Å². The minimum atomic E-state index is -0.458. The summed E-state index contributed by atoms with van der Waals surface area (Å²) < 4.78 is 0. The molecule has 0 radical (unpaired) electrons. The molecule has 0 saturated heterocycles. The number of aromatic amines is 2. The number of nitrogens with one attached hydrogen (secondary N) is 2. The fourth-order valence-corrected chi connectivity index (χ4v) is 2.12. The number of ketones is 4. The molecule has 0 fully saturated rings. The van der Waals surface area contributed by atoms with Crippen molar-refractivity contribution in [2.75, 3.05) is 0 Å². The zero-order valence-electron chi connectivity index (χ0n) is 11.3. The van der Waals surface area contributed by atoms with Crippen LogP contribution in [-0.4, -0.2) is 33.1 Å². The molecule has 4 rings (SSSR count). The first-order chi connectivity index (χ1) is 10.5. The van der Waals surface area contributed by atoms with Crippen LogP contribution in [0, 0.1) is 0 Å². The summed E-state index contributed by atoms with van der Waals surface area (Å²) in [6.45, 7) is 0. The molecule has 2 aromatic rings. The molecule has 0 amide bonds. The van der Waals surface area contributed by atoms with Gasteiger partial charge in [0.05, 0.1) is 0 Å². The first-order valence-electron chi connectivity index (χ1n) is 6.45. The molecule has 0 bridgehead atoms. The smallest absolute Gasteiger partial charge is 0.227 e. The predicted octanol–water partition coefficient (Wildman–Crippen LogP) is -2.54. The average molecular weight is 294 g/mol. The Labute approximate surface area is 123 Å². The number of hydrogen-bond acceptors (Lipinski definition) is 4. The molecule has 108 valence electrons. The largest absolute Gasteiger partial charge is 0.361 e. The van der Waals surface area contributed by atoms with Gasteiger partial charge in [0.15, 0.2) is 0 Å². The summed E-state index contributed by atoms with van der Waals surface area (Å²) in [5, 5.41) is 3.01. The van der Waals surface area contributed by atoms with E-state index in [1.165, 1.54) is 24.3 Å². The molecular formula is C16H10N2O4. The third kappa shape index (κ3) is 2.49. The number of aromatic nitrogens is 2. The number of hydrogen-bond donors (Lipinski definition) is 2. The average Bonchev–Trinajstić information content (AvgIpc) is 3.09. The van der Waals surface area contributed by atoms with Gasteiger partial charge < -0.3 is 9.97 Å². The van der Waals surface area contributed by atoms with E-state index in [4.69, 9.17) is 0 Å². The lowest BCUT2D eigenvalue weighted by Crippen LogP contribution is -2.31. The Hall–Kier alpha value is -3.28. The second-order valence-corrected chi connectivity index (χ2v) is 4.73. The van der Waals surface area contributed by atoms with Crippen molar-refractivity contribution in [1.82, 2.24) is 9.97 Å². The van der Waals surface area contributed by atoms with Crippen LogP contribution in [0.3, 0.4) is 0 Å². The van der Waals surface area contributed by atoms with Gasteiger partial charge in [-0.05, 0) is 24.3 Å². The first kappa shape index (κ1) is 13.7. The summed E-state index contributed by atoms with van der Waals surface area (Å²) in [7, 11) is 0. The molecule has 0 unspecified atom stereocenters. The molecule has 2 aliphatic rings. The van der Waals surface area contributed by atoms with E-state index in [1.54, 1.807) is 24.5 Å². The summed E-state index contributed by atoms with van der Waals surface area (Å²) in [6.07, 6.45) is 8.71. The maximum atomic E-state index is 10.8. The van der Waals surface area contributed by atoms with Crippen LogP contribution in [0.4, 0.5) is 0 Å². The van der Waals surface area contributed by atoms with Gasteiger partial charge in [-0.3, -0.25) is 19.2 Å². The summed E-state index contributed by atoms with van der Waals surface area (Å²) in [6, 6.07) is 3.52. The molecule has 6 heteroatoms. The van der Waals surface area contributed by atoms with E-state index in [0.717, 1.165) is 21.1 Å². The molecule has 0 spiro atoms. The fourth-order valence-electron chi connectivity index (χ4n) is 2.12. The number of fused-ring (bicyclic) bond motifs is 2. The Morgan fingerprint density at radius 3 is 1.32 bits per heavy atom. The lowest BCUT2D eigenvalue weighted by Gasteiger charge is -1.90. The van der Waals surface area contributed by atoms with Crippen molar-refractivity contribution in [3.05, 3.63) is 45.7 Å². The molecule has 0 aliphatic heterocycles. The standard InChI is InChI=1S/2C8H5NO2/c2*10-7-3-5-1-2-9-6(5)4-8(7)11/h2*1-4,9H. The van der Waals surface area contributed by atoms with Crippen molar-refractivity contribution in [2.45, 2.75) is 0 Å². The molecule has 0 aromatic carbocycles. The third-order valence-corrected chi connectivity index (χ3v) is 3.24. The Morgan fingerprint density at radius 1 is 0.545 bits per heavy atom. The molecule has 2 aliphatic carbocycles. The Kier molecular flexibility index (Phi) is 3.27. The van der Waals surface area contributed by atoms with Gasteiger partial charge in [-0.25, -0.2) is 0 Å². The highest BCUT2D eigenvalue weighted by atomic mass is 16.2. The van der Waals surface area contributed by atoms with Gasteiger partial charge in [0.1, 0.15) is 0 Å². The lowest BCUT2D eigenvalue weighted by molar-refractivity contribution is -0.129. The van der Waals surface area contributed by atoms with Crippen LogP contribution in [0.25, 0.3) is 24.3 Å². The van der Waals surface area contributed by atoms with E-state index < -0.39 is 23.1 Å². The lowest BCUT2D eigenvalue weighted by atomic mass is 10.1. The highest BCUT2D eigenvalue weighted by Gasteiger charge is 2.11. The van der Waals surface area contributed by atoms with Gasteiger partial charge in [0, 0.05) is 45.7 Å². The van der Waals surface area contributed by atoms with Crippen molar-refractivity contribution < 1.29 is 19.2 Å². The molecule has 6 nitrogen and oxygen atoms in total. The number of Topliss-reactive ketones (excluding diaryl/α,β-unsaturated/α-hetero) is 4. The van der Waals surface area contributed by atoms with Crippen LogP contribution in [0.2, 0.25) is 0 Å². The topological polar surface area (TPSA) is 99.9 Å². The summed E-state index contributed by atoms with van der Waals surface area (Å²) in [4.78, 5) is 48.9. The number of carbonyl (C=O) groups excluding carboxylic acids is 4. The summed E-state index contributed by atoms with van der Waals surface area (Å²) >= 11 is 0. The van der Waals surface area contributed by atoms with E-state index in [9.17, 15) is 19.2 Å². The van der Waals surface area contributed by atoms with Gasteiger partial charge in [-0.2, -0.15) is 0 Å². The fraction of sp³-hybridized carbons (Fsp3) is 0. The van der Waals surface area contributed by atoms with Gasteiger partial charge in [0.2, 0.25) is 23.1 Å².